The molecular weight excluding hydrogens is 365 g/mol. The molecule has 0 saturated carbocycles. The van der Waals surface area contributed by atoms with Crippen LogP contribution < -0.4 is 4.90 Å². The number of carbonyl (C=O) groups is 1. The lowest BCUT2D eigenvalue weighted by atomic mass is 9.97. The van der Waals surface area contributed by atoms with E-state index in [1.54, 1.807) is 16.6 Å². The van der Waals surface area contributed by atoms with Crippen LogP contribution in [0.4, 0.5) is 19.0 Å². The smallest absolute Gasteiger partial charge is 0.299 e. The van der Waals surface area contributed by atoms with E-state index < -0.39 is 11.7 Å². The molecule has 1 aliphatic carbocycles. The molecule has 26 heavy (non-hydrogen) atoms. The number of aryl methyl sites for hydroxylation is 2. The minimum absolute atomic E-state index is 0.0921. The van der Waals surface area contributed by atoms with Crippen LogP contribution in [0, 0.1) is 0 Å². The lowest BCUT2D eigenvalue weighted by Gasteiger charge is -2.20. The molecule has 0 spiro atoms. The van der Waals surface area contributed by atoms with Gasteiger partial charge in [-0.3, -0.25) is 14.4 Å². The summed E-state index contributed by atoms with van der Waals surface area (Å²) in [5, 5.41) is 4.88. The number of aromatic nitrogens is 3. The number of nitrogens with zero attached hydrogens (tertiary/aromatic N) is 4. The minimum Gasteiger partial charge on any atom is -0.299 e. The van der Waals surface area contributed by atoms with Gasteiger partial charge in [0.1, 0.15) is 5.82 Å². The Kier molecular flexibility index (Phi) is 5.27. The normalized spacial score (nSPS) is 14.2. The zero-order chi connectivity index (χ0) is 18.9. The zero-order valence-electron chi connectivity index (χ0n) is 14.5. The summed E-state index contributed by atoms with van der Waals surface area (Å²) in [6.07, 6.45) is 0.395. The van der Waals surface area contributed by atoms with Gasteiger partial charge in [-0.25, -0.2) is 4.98 Å². The molecule has 3 rings (SSSR count). The number of thioether (sulfide) groups is 1. The van der Waals surface area contributed by atoms with Crippen LogP contribution in [-0.2, 0) is 30.9 Å². The van der Waals surface area contributed by atoms with Crippen LogP contribution in [0.15, 0.2) is 23.4 Å². The molecule has 0 saturated heterocycles. The van der Waals surface area contributed by atoms with Crippen molar-refractivity contribution in [3.05, 3.63) is 35.2 Å². The Morgan fingerprint density at radius 1 is 1.31 bits per heavy atom. The summed E-state index contributed by atoms with van der Waals surface area (Å²) in [5.41, 5.74) is 1.37. The van der Waals surface area contributed by atoms with Gasteiger partial charge < -0.3 is 0 Å². The summed E-state index contributed by atoms with van der Waals surface area (Å²) < 4.78 is 39.4. The van der Waals surface area contributed by atoms with Gasteiger partial charge in [0, 0.05) is 25.9 Å². The second-order valence-electron chi connectivity index (χ2n) is 6.20. The topological polar surface area (TPSA) is 51.0 Å². The molecule has 140 valence electrons. The van der Waals surface area contributed by atoms with Crippen LogP contribution in [0.25, 0.3) is 0 Å². The van der Waals surface area contributed by atoms with Crippen molar-refractivity contribution in [3.63, 3.8) is 0 Å². The molecule has 0 N–H and O–H groups in total. The van der Waals surface area contributed by atoms with Gasteiger partial charge in [-0.05, 0) is 37.8 Å². The van der Waals surface area contributed by atoms with E-state index in [-0.39, 0.29) is 11.7 Å². The van der Waals surface area contributed by atoms with Gasteiger partial charge >= 0.3 is 6.18 Å². The van der Waals surface area contributed by atoms with Crippen molar-refractivity contribution in [2.75, 3.05) is 17.7 Å². The molecule has 2 heterocycles. The quantitative estimate of drug-likeness (QED) is 0.758. The van der Waals surface area contributed by atoms with Crippen LogP contribution in [0.5, 0.6) is 0 Å². The monoisotopic (exact) mass is 384 g/mol. The highest BCUT2D eigenvalue weighted by atomic mass is 32.2. The van der Waals surface area contributed by atoms with E-state index in [1.165, 1.54) is 6.07 Å². The van der Waals surface area contributed by atoms with Crippen molar-refractivity contribution in [1.29, 1.82) is 0 Å². The van der Waals surface area contributed by atoms with Gasteiger partial charge in [-0.15, -0.1) is 0 Å². The molecule has 2 aromatic heterocycles. The standard InChI is InChI=1S/C17H19F3N4OS/c1-23(16-12-5-3-4-6-13(12)22-24(16)2)15(25)10-26-14-8-7-11(9-21-14)17(18,19)20/h7-9H,3-6,10H2,1-2H3. The lowest BCUT2D eigenvalue weighted by Crippen LogP contribution is -2.30. The number of rotatable bonds is 4. The maximum atomic E-state index is 12.6. The van der Waals surface area contributed by atoms with Gasteiger partial charge in [-0.2, -0.15) is 18.3 Å². The molecule has 0 fully saturated rings. The predicted molar refractivity (Wildman–Crippen MR) is 93.2 cm³/mol. The fraction of sp³-hybridized carbons (Fsp3) is 0.471. The van der Waals surface area contributed by atoms with Gasteiger partial charge in [0.05, 0.1) is 22.0 Å². The Balaban J connectivity index is 1.66. The highest BCUT2D eigenvalue weighted by Crippen LogP contribution is 2.31. The van der Waals surface area contributed by atoms with E-state index >= 15 is 0 Å². The van der Waals surface area contributed by atoms with Crippen LogP contribution in [-0.4, -0.2) is 33.5 Å². The van der Waals surface area contributed by atoms with Crippen molar-refractivity contribution in [1.82, 2.24) is 14.8 Å². The van der Waals surface area contributed by atoms with Crippen molar-refractivity contribution in [3.8, 4) is 0 Å². The van der Waals surface area contributed by atoms with E-state index in [9.17, 15) is 18.0 Å². The van der Waals surface area contributed by atoms with Crippen LogP contribution in [0.2, 0.25) is 0 Å². The summed E-state index contributed by atoms with van der Waals surface area (Å²) in [6, 6.07) is 2.26. The molecule has 1 amide bonds. The second-order valence-corrected chi connectivity index (χ2v) is 7.20. The maximum absolute atomic E-state index is 12.6. The third kappa shape index (κ3) is 3.87. The fourth-order valence-electron chi connectivity index (χ4n) is 3.07. The van der Waals surface area contributed by atoms with Crippen LogP contribution in [0.3, 0.4) is 0 Å². The maximum Gasteiger partial charge on any atom is 0.417 e. The number of fused-ring (bicyclic) bond motifs is 1. The number of hydrogen-bond donors (Lipinski definition) is 0. The minimum atomic E-state index is -4.41. The Morgan fingerprint density at radius 3 is 2.69 bits per heavy atom. The van der Waals surface area contributed by atoms with Crippen LogP contribution >= 0.6 is 11.8 Å². The zero-order valence-corrected chi connectivity index (χ0v) is 15.3. The lowest BCUT2D eigenvalue weighted by molar-refractivity contribution is -0.137. The summed E-state index contributed by atoms with van der Waals surface area (Å²) >= 11 is 1.12. The van der Waals surface area contributed by atoms with Crippen molar-refractivity contribution < 1.29 is 18.0 Å². The van der Waals surface area contributed by atoms with E-state index in [0.29, 0.717) is 5.03 Å². The van der Waals surface area contributed by atoms with Gasteiger partial charge in [0.2, 0.25) is 5.91 Å². The SMILES string of the molecule is CN(C(=O)CSc1ccc(C(F)(F)F)cn1)c1c2c(nn1C)CCCC2. The van der Waals surface area contributed by atoms with Crippen LogP contribution in [0.1, 0.15) is 29.7 Å². The Bertz CT molecular complexity index is 802. The number of carbonyl (C=O) groups excluding carboxylic acids is 1. The van der Waals surface area contributed by atoms with E-state index in [0.717, 1.165) is 66.8 Å². The molecule has 0 aliphatic heterocycles. The van der Waals surface area contributed by atoms with E-state index in [1.807, 2.05) is 7.05 Å². The molecule has 0 radical (unpaired) electrons. The number of amides is 1. The highest BCUT2D eigenvalue weighted by Gasteiger charge is 2.30. The Labute approximate surface area is 153 Å². The number of hydrogen-bond acceptors (Lipinski definition) is 4. The second kappa shape index (κ2) is 7.30. The van der Waals surface area contributed by atoms with Crippen molar-refractivity contribution >= 4 is 23.5 Å². The third-order valence-electron chi connectivity index (χ3n) is 4.38. The molecule has 1 aliphatic rings. The van der Waals surface area contributed by atoms with E-state index in [4.69, 9.17) is 0 Å². The van der Waals surface area contributed by atoms with Gasteiger partial charge in [0.25, 0.3) is 0 Å². The average Bonchev–Trinajstić information content (AvgIpc) is 2.94. The molecule has 0 unspecified atom stereocenters. The molecule has 0 bridgehead atoms. The van der Waals surface area contributed by atoms with Crippen molar-refractivity contribution in [2.45, 2.75) is 36.9 Å². The first kappa shape index (κ1) is 18.8. The Hall–Kier alpha value is -2.03. The first-order valence-electron chi connectivity index (χ1n) is 8.24. The molecular formula is C17H19F3N4OS. The summed E-state index contributed by atoms with van der Waals surface area (Å²) in [4.78, 5) is 17.9. The number of pyridine rings is 1. The van der Waals surface area contributed by atoms with E-state index in [2.05, 4.69) is 10.1 Å². The fourth-order valence-corrected chi connectivity index (χ4v) is 3.82. The van der Waals surface area contributed by atoms with Crippen molar-refractivity contribution in [2.24, 2.45) is 7.05 Å². The average molecular weight is 384 g/mol. The summed E-state index contributed by atoms with van der Waals surface area (Å²) in [7, 11) is 3.52. The largest absolute Gasteiger partial charge is 0.417 e. The number of alkyl halides is 3. The summed E-state index contributed by atoms with van der Waals surface area (Å²) in [5.74, 6) is 0.744. The van der Waals surface area contributed by atoms with Gasteiger partial charge in [-0.1, -0.05) is 11.8 Å². The Morgan fingerprint density at radius 2 is 2.04 bits per heavy atom. The number of anilines is 1. The molecule has 0 aromatic carbocycles. The number of halogens is 3. The summed E-state index contributed by atoms with van der Waals surface area (Å²) in [6.45, 7) is 0. The first-order chi connectivity index (χ1) is 12.3. The highest BCUT2D eigenvalue weighted by molar-refractivity contribution is 7.99. The molecule has 2 aromatic rings. The predicted octanol–water partition coefficient (Wildman–Crippen LogP) is 3.47. The molecule has 9 heteroatoms. The van der Waals surface area contributed by atoms with Gasteiger partial charge in [0.15, 0.2) is 0 Å². The molecule has 0 atom stereocenters. The first-order valence-corrected chi connectivity index (χ1v) is 9.23. The third-order valence-corrected chi connectivity index (χ3v) is 5.31. The molecule has 5 nitrogen and oxygen atoms in total.